The number of aryl methyl sites for hydroxylation is 1. The summed E-state index contributed by atoms with van der Waals surface area (Å²) >= 11 is 0. The number of furan rings is 1. The van der Waals surface area contributed by atoms with E-state index in [-0.39, 0.29) is 18.4 Å². The van der Waals surface area contributed by atoms with Crippen LogP contribution in [0.3, 0.4) is 0 Å². The van der Waals surface area contributed by atoms with Crippen LogP contribution in [0.2, 0.25) is 0 Å². The summed E-state index contributed by atoms with van der Waals surface area (Å²) in [6.45, 7) is 7.54. The topological polar surface area (TPSA) is 79.5 Å². The van der Waals surface area contributed by atoms with Gasteiger partial charge in [-0.25, -0.2) is 0 Å². The van der Waals surface area contributed by atoms with Crippen LogP contribution >= 0.6 is 0 Å². The summed E-state index contributed by atoms with van der Waals surface area (Å²) in [5.74, 6) is 0.193. The fourth-order valence-electron chi connectivity index (χ4n) is 2.88. The van der Waals surface area contributed by atoms with Crippen LogP contribution in [-0.2, 0) is 10.2 Å². The van der Waals surface area contributed by atoms with E-state index in [4.69, 9.17) is 4.42 Å². The molecule has 2 N–H and O–H groups in total. The fraction of sp³-hybridized carbons (Fsp3) is 0.400. The van der Waals surface area contributed by atoms with Gasteiger partial charge in [-0.05, 0) is 25.0 Å². The van der Waals surface area contributed by atoms with Gasteiger partial charge in [0.05, 0.1) is 5.56 Å². The molecule has 1 heterocycles. The van der Waals surface area contributed by atoms with E-state index >= 15 is 0 Å². The first kappa shape index (κ1) is 18.8. The number of nitrogens with one attached hydrogen (secondary N) is 1. The molecule has 25 heavy (non-hydrogen) atoms. The molecule has 0 aliphatic carbocycles. The van der Waals surface area contributed by atoms with E-state index in [0.29, 0.717) is 23.3 Å². The highest BCUT2D eigenvalue weighted by molar-refractivity contribution is 5.96. The molecule has 0 aliphatic heterocycles. The van der Waals surface area contributed by atoms with Gasteiger partial charge in [0.25, 0.3) is 5.91 Å². The first-order chi connectivity index (χ1) is 11.8. The first-order valence-electron chi connectivity index (χ1n) is 8.49. The van der Waals surface area contributed by atoms with Crippen molar-refractivity contribution in [3.05, 3.63) is 59.0 Å². The van der Waals surface area contributed by atoms with Crippen molar-refractivity contribution in [3.63, 3.8) is 0 Å². The van der Waals surface area contributed by atoms with Crippen LogP contribution in [0, 0.1) is 6.92 Å². The number of hydrogen-bond donors (Lipinski definition) is 2. The van der Waals surface area contributed by atoms with Crippen LogP contribution in [0.25, 0.3) is 0 Å². The summed E-state index contributed by atoms with van der Waals surface area (Å²) in [4.78, 5) is 24.5. The molecular weight excluding hydrogens is 318 g/mol. The van der Waals surface area contributed by atoms with Crippen molar-refractivity contribution in [3.8, 4) is 0 Å². The van der Waals surface area contributed by atoms with Gasteiger partial charge in [0.15, 0.2) is 0 Å². The lowest BCUT2D eigenvalue weighted by Gasteiger charge is -2.29. The third-order valence-corrected chi connectivity index (χ3v) is 4.64. The molecule has 0 saturated heterocycles. The number of aliphatic carboxylic acids is 1. The average Bonchev–Trinajstić information content (AvgIpc) is 2.98. The van der Waals surface area contributed by atoms with Gasteiger partial charge in [-0.15, -0.1) is 0 Å². The van der Waals surface area contributed by atoms with Gasteiger partial charge < -0.3 is 14.8 Å². The highest BCUT2D eigenvalue weighted by Gasteiger charge is 2.39. The third-order valence-electron chi connectivity index (χ3n) is 4.64. The molecule has 1 aromatic heterocycles. The van der Waals surface area contributed by atoms with Crippen molar-refractivity contribution in [2.24, 2.45) is 0 Å². The zero-order valence-corrected chi connectivity index (χ0v) is 15.1. The molecule has 134 valence electrons. The zero-order chi connectivity index (χ0) is 18.6. The summed E-state index contributed by atoms with van der Waals surface area (Å²) in [5.41, 5.74) is -0.0284. The summed E-state index contributed by atoms with van der Waals surface area (Å²) in [5, 5.41) is 12.6. The number of benzene rings is 1. The SMILES string of the molecule is CCC(CNC(=O)c1cc(C(C)C)oc1C)(C(=O)O)c1ccccc1. The van der Waals surface area contributed by atoms with Crippen LogP contribution in [0.4, 0.5) is 0 Å². The molecule has 0 bridgehead atoms. The molecule has 2 rings (SSSR count). The molecular formula is C20H25NO4. The lowest BCUT2D eigenvalue weighted by atomic mass is 9.78. The van der Waals surface area contributed by atoms with Gasteiger partial charge in [0, 0.05) is 12.5 Å². The maximum absolute atomic E-state index is 12.6. The Balaban J connectivity index is 2.24. The highest BCUT2D eigenvalue weighted by atomic mass is 16.4. The van der Waals surface area contributed by atoms with E-state index in [1.54, 1.807) is 37.3 Å². The number of carboxylic acids is 1. The van der Waals surface area contributed by atoms with E-state index in [0.717, 1.165) is 5.76 Å². The molecule has 1 atom stereocenters. The summed E-state index contributed by atoms with van der Waals surface area (Å²) in [7, 11) is 0. The number of carbonyl (C=O) groups excluding carboxylic acids is 1. The summed E-state index contributed by atoms with van der Waals surface area (Å²) < 4.78 is 5.61. The molecule has 0 fully saturated rings. The van der Waals surface area contributed by atoms with Crippen LogP contribution in [0.1, 0.15) is 60.6 Å². The highest BCUT2D eigenvalue weighted by Crippen LogP contribution is 2.28. The van der Waals surface area contributed by atoms with Crippen molar-refractivity contribution in [2.45, 2.75) is 45.4 Å². The van der Waals surface area contributed by atoms with E-state index in [2.05, 4.69) is 5.32 Å². The molecule has 5 heteroatoms. The monoisotopic (exact) mass is 343 g/mol. The Morgan fingerprint density at radius 1 is 1.24 bits per heavy atom. The van der Waals surface area contributed by atoms with Crippen LogP contribution in [0.5, 0.6) is 0 Å². The van der Waals surface area contributed by atoms with Crippen molar-refractivity contribution in [2.75, 3.05) is 6.54 Å². The first-order valence-corrected chi connectivity index (χ1v) is 8.49. The zero-order valence-electron chi connectivity index (χ0n) is 15.1. The van der Waals surface area contributed by atoms with Crippen molar-refractivity contribution in [1.82, 2.24) is 5.32 Å². The Morgan fingerprint density at radius 3 is 2.36 bits per heavy atom. The number of rotatable bonds is 7. The average molecular weight is 343 g/mol. The van der Waals surface area contributed by atoms with Crippen molar-refractivity contribution >= 4 is 11.9 Å². The van der Waals surface area contributed by atoms with Gasteiger partial charge in [0.1, 0.15) is 16.9 Å². The maximum Gasteiger partial charge on any atom is 0.315 e. The minimum Gasteiger partial charge on any atom is -0.481 e. The standard InChI is InChI=1S/C20H25NO4/c1-5-20(19(23)24,15-9-7-6-8-10-15)12-21-18(22)16-11-17(13(2)3)25-14(16)4/h6-11,13H,5,12H2,1-4H3,(H,21,22)(H,23,24). The molecule has 0 saturated carbocycles. The van der Waals surface area contributed by atoms with Gasteiger partial charge >= 0.3 is 5.97 Å². The minimum absolute atomic E-state index is 0.0172. The van der Waals surface area contributed by atoms with Crippen LogP contribution in [0.15, 0.2) is 40.8 Å². The van der Waals surface area contributed by atoms with Crippen molar-refractivity contribution in [1.29, 1.82) is 0 Å². The molecule has 0 radical (unpaired) electrons. The smallest absolute Gasteiger partial charge is 0.315 e. The number of carboxylic acid groups (broad SMARTS) is 1. The Bertz CT molecular complexity index is 748. The minimum atomic E-state index is -1.16. The summed E-state index contributed by atoms with van der Waals surface area (Å²) in [6, 6.07) is 10.7. The van der Waals surface area contributed by atoms with Gasteiger partial charge in [-0.3, -0.25) is 9.59 Å². The quantitative estimate of drug-likeness (QED) is 0.800. The second-order valence-corrected chi connectivity index (χ2v) is 6.56. The molecule has 1 amide bonds. The Kier molecular flexibility index (Phi) is 5.67. The molecule has 2 aromatic rings. The lowest BCUT2D eigenvalue weighted by Crippen LogP contribution is -2.46. The largest absolute Gasteiger partial charge is 0.481 e. The van der Waals surface area contributed by atoms with E-state index in [1.165, 1.54) is 0 Å². The second-order valence-electron chi connectivity index (χ2n) is 6.56. The maximum atomic E-state index is 12.6. The number of hydrogen-bond acceptors (Lipinski definition) is 3. The third kappa shape index (κ3) is 3.76. The Hall–Kier alpha value is -2.56. The van der Waals surface area contributed by atoms with Gasteiger partial charge in [-0.1, -0.05) is 51.1 Å². The number of carbonyl (C=O) groups is 2. The molecule has 1 aromatic carbocycles. The van der Waals surface area contributed by atoms with Crippen LogP contribution in [-0.4, -0.2) is 23.5 Å². The van der Waals surface area contributed by atoms with E-state index in [9.17, 15) is 14.7 Å². The second kappa shape index (κ2) is 7.55. The van der Waals surface area contributed by atoms with Crippen LogP contribution < -0.4 is 5.32 Å². The Morgan fingerprint density at radius 2 is 1.88 bits per heavy atom. The van der Waals surface area contributed by atoms with Crippen molar-refractivity contribution < 1.29 is 19.1 Å². The Labute approximate surface area is 148 Å². The number of amides is 1. The summed E-state index contributed by atoms with van der Waals surface area (Å²) in [6.07, 6.45) is 0.369. The predicted octanol–water partition coefficient (Wildman–Crippen LogP) is 3.87. The molecule has 0 aliphatic rings. The molecule has 1 unspecified atom stereocenters. The van der Waals surface area contributed by atoms with E-state index < -0.39 is 11.4 Å². The predicted molar refractivity (Wildman–Crippen MR) is 95.9 cm³/mol. The normalized spacial score (nSPS) is 13.5. The molecule has 5 nitrogen and oxygen atoms in total. The lowest BCUT2D eigenvalue weighted by molar-refractivity contribution is -0.143. The van der Waals surface area contributed by atoms with E-state index in [1.807, 2.05) is 26.8 Å². The van der Waals surface area contributed by atoms with Gasteiger partial charge in [-0.2, -0.15) is 0 Å². The molecule has 0 spiro atoms. The van der Waals surface area contributed by atoms with Gasteiger partial charge in [0.2, 0.25) is 0 Å². The fourth-order valence-corrected chi connectivity index (χ4v) is 2.88.